The number of rotatable bonds is 4. The van der Waals surface area contributed by atoms with Gasteiger partial charge in [-0.2, -0.15) is 13.2 Å². The number of nitrogens with one attached hydrogen (secondary N) is 1. The highest BCUT2D eigenvalue weighted by atomic mass is 35.5. The summed E-state index contributed by atoms with van der Waals surface area (Å²) in [6.07, 6.45) is -4.59. The number of aryl methyl sites for hydroxylation is 1. The van der Waals surface area contributed by atoms with Gasteiger partial charge >= 0.3 is 6.18 Å². The molecule has 1 heterocycles. The Balaban J connectivity index is 1.87. The molecule has 0 radical (unpaired) electrons. The summed E-state index contributed by atoms with van der Waals surface area (Å²) in [5, 5.41) is 12.9. The maximum atomic E-state index is 12.8. The number of alkyl halides is 3. The summed E-state index contributed by atoms with van der Waals surface area (Å²) in [5.41, 5.74) is 0.654. The number of hydrogen-bond donors (Lipinski definition) is 2. The summed E-state index contributed by atoms with van der Waals surface area (Å²) >= 11 is 6.26. The van der Waals surface area contributed by atoms with Gasteiger partial charge in [-0.3, -0.25) is 4.79 Å². The molecule has 9 heteroatoms. The first-order valence-electron chi connectivity index (χ1n) is 9.05. The maximum absolute atomic E-state index is 12.8. The average Bonchev–Trinajstić information content (AvgIpc) is 2.70. The first kappa shape index (κ1) is 22.3. The molecule has 0 atom stereocenters. The number of benzene rings is 2. The minimum atomic E-state index is -4.59. The summed E-state index contributed by atoms with van der Waals surface area (Å²) in [6.45, 7) is 3.03. The monoisotopic (exact) mass is 447 g/mol. The highest BCUT2D eigenvalue weighted by Gasteiger charge is 2.33. The number of aromatic hydroxyl groups is 1. The van der Waals surface area contributed by atoms with Crippen molar-refractivity contribution >= 4 is 34.6 Å². The summed E-state index contributed by atoms with van der Waals surface area (Å²) in [5.74, 6) is -0.602. The first-order chi connectivity index (χ1) is 14.6. The minimum Gasteiger partial charge on any atom is -0.506 e. The molecule has 0 unspecified atom stereocenters. The van der Waals surface area contributed by atoms with E-state index in [0.29, 0.717) is 27.7 Å². The van der Waals surface area contributed by atoms with Crippen LogP contribution in [0, 0.1) is 6.92 Å². The Hall–Kier alpha value is -3.39. The molecule has 5 nitrogen and oxygen atoms in total. The van der Waals surface area contributed by atoms with Gasteiger partial charge in [0.25, 0.3) is 5.91 Å². The zero-order valence-corrected chi connectivity index (χ0v) is 17.2. The van der Waals surface area contributed by atoms with Crippen LogP contribution in [0.5, 0.6) is 5.75 Å². The van der Waals surface area contributed by atoms with E-state index in [4.69, 9.17) is 11.6 Å². The number of anilines is 1. The number of para-hydroxylation sites is 2. The van der Waals surface area contributed by atoms with Gasteiger partial charge in [-0.1, -0.05) is 23.7 Å². The Labute approximate surface area is 181 Å². The van der Waals surface area contributed by atoms with Crippen LogP contribution in [0.3, 0.4) is 0 Å². The molecule has 0 saturated heterocycles. The largest absolute Gasteiger partial charge is 0.506 e. The molecular weight excluding hydrogens is 431 g/mol. The van der Waals surface area contributed by atoms with E-state index in [9.17, 15) is 23.1 Å². The normalized spacial score (nSPS) is 12.0. The zero-order chi connectivity index (χ0) is 22.8. The van der Waals surface area contributed by atoms with E-state index >= 15 is 0 Å². The molecule has 2 N–H and O–H groups in total. The second-order valence-corrected chi connectivity index (χ2v) is 7.07. The third kappa shape index (κ3) is 5.21. The number of amides is 1. The second kappa shape index (κ2) is 8.77. The van der Waals surface area contributed by atoms with Gasteiger partial charge in [0.2, 0.25) is 0 Å². The average molecular weight is 448 g/mol. The van der Waals surface area contributed by atoms with Crippen LogP contribution in [0.25, 0.3) is 0 Å². The minimum absolute atomic E-state index is 0.00714. The Morgan fingerprint density at radius 3 is 2.45 bits per heavy atom. The number of phenols is 1. The van der Waals surface area contributed by atoms with E-state index < -0.39 is 17.8 Å². The Kier molecular flexibility index (Phi) is 6.31. The maximum Gasteiger partial charge on any atom is 0.433 e. The smallest absolute Gasteiger partial charge is 0.433 e. The molecule has 0 aliphatic carbocycles. The predicted octanol–water partition coefficient (Wildman–Crippen LogP) is 6.16. The summed E-state index contributed by atoms with van der Waals surface area (Å²) in [7, 11) is 0. The van der Waals surface area contributed by atoms with E-state index in [1.54, 1.807) is 43.3 Å². The van der Waals surface area contributed by atoms with Crippen LogP contribution in [-0.4, -0.2) is 21.7 Å². The first-order valence-corrected chi connectivity index (χ1v) is 9.43. The van der Waals surface area contributed by atoms with Crippen LogP contribution >= 0.6 is 11.6 Å². The Bertz CT molecular complexity index is 1180. The van der Waals surface area contributed by atoms with E-state index in [1.165, 1.54) is 13.0 Å². The Morgan fingerprint density at radius 2 is 1.81 bits per heavy atom. The molecule has 1 aromatic heterocycles. The standard InChI is InChI=1S/C22H17ClF3N3O2/c1-12-15(8-10-20(28-12)22(24,25)26)21(31)29-14-7-9-17(23)16(11-14)13(2)27-18-5-3-4-6-19(18)30/h3-11,30H,1-2H3,(H,29,31)/b27-13+. The Morgan fingerprint density at radius 1 is 1.10 bits per heavy atom. The molecule has 0 fully saturated rings. The van der Waals surface area contributed by atoms with Crippen molar-refractivity contribution in [3.63, 3.8) is 0 Å². The van der Waals surface area contributed by atoms with Gasteiger partial charge in [0, 0.05) is 22.0 Å². The number of halogens is 4. The van der Waals surface area contributed by atoms with Gasteiger partial charge in [-0.05, 0) is 56.3 Å². The molecule has 0 aliphatic heterocycles. The van der Waals surface area contributed by atoms with Gasteiger partial charge in [-0.15, -0.1) is 0 Å². The molecular formula is C22H17ClF3N3O2. The molecule has 3 rings (SSSR count). The van der Waals surface area contributed by atoms with Crippen LogP contribution in [-0.2, 0) is 6.18 Å². The molecule has 0 aliphatic rings. The van der Waals surface area contributed by atoms with E-state index in [-0.39, 0.29) is 17.0 Å². The second-order valence-electron chi connectivity index (χ2n) is 6.66. The van der Waals surface area contributed by atoms with Gasteiger partial charge in [0.1, 0.15) is 17.1 Å². The topological polar surface area (TPSA) is 74.6 Å². The molecule has 160 valence electrons. The number of nitrogens with zero attached hydrogens (tertiary/aromatic N) is 2. The van der Waals surface area contributed by atoms with Crippen molar-refractivity contribution in [2.75, 3.05) is 5.32 Å². The quantitative estimate of drug-likeness (QED) is 0.470. The number of carbonyl (C=O) groups is 1. The van der Waals surface area contributed by atoms with Gasteiger partial charge < -0.3 is 10.4 Å². The van der Waals surface area contributed by atoms with Crippen molar-refractivity contribution in [3.8, 4) is 5.75 Å². The molecule has 3 aromatic rings. The van der Waals surface area contributed by atoms with E-state index in [2.05, 4.69) is 15.3 Å². The lowest BCUT2D eigenvalue weighted by Gasteiger charge is -2.12. The summed E-state index contributed by atoms with van der Waals surface area (Å²) in [4.78, 5) is 20.4. The lowest BCUT2D eigenvalue weighted by atomic mass is 10.1. The highest BCUT2D eigenvalue weighted by Crippen LogP contribution is 2.30. The van der Waals surface area contributed by atoms with Crippen molar-refractivity contribution < 1.29 is 23.1 Å². The number of aliphatic imine (C=N–C) groups is 1. The lowest BCUT2D eigenvalue weighted by molar-refractivity contribution is -0.141. The van der Waals surface area contributed by atoms with E-state index in [1.807, 2.05) is 0 Å². The van der Waals surface area contributed by atoms with Crippen molar-refractivity contribution in [2.24, 2.45) is 4.99 Å². The fourth-order valence-electron chi connectivity index (χ4n) is 2.84. The highest BCUT2D eigenvalue weighted by molar-refractivity contribution is 6.34. The molecule has 0 bridgehead atoms. The van der Waals surface area contributed by atoms with Crippen LogP contribution < -0.4 is 5.32 Å². The molecule has 1 amide bonds. The number of aromatic nitrogens is 1. The number of hydrogen-bond acceptors (Lipinski definition) is 4. The number of carbonyl (C=O) groups excluding carboxylic acids is 1. The van der Waals surface area contributed by atoms with Crippen molar-refractivity contribution in [1.29, 1.82) is 0 Å². The summed E-state index contributed by atoms with van der Waals surface area (Å²) < 4.78 is 38.4. The van der Waals surface area contributed by atoms with Crippen LogP contribution in [0.15, 0.2) is 59.6 Å². The number of phenolic OH excluding ortho intramolecular Hbond substituents is 1. The SMILES string of the molecule is C/C(=N\c1ccccc1O)c1cc(NC(=O)c2ccc(C(F)(F)F)nc2C)ccc1Cl. The molecule has 31 heavy (non-hydrogen) atoms. The zero-order valence-electron chi connectivity index (χ0n) is 16.5. The van der Waals surface area contributed by atoms with Crippen molar-refractivity contribution in [1.82, 2.24) is 4.98 Å². The third-order valence-electron chi connectivity index (χ3n) is 4.40. The molecule has 0 saturated carbocycles. The fraction of sp³-hybridized carbons (Fsp3) is 0.136. The molecule has 0 spiro atoms. The summed E-state index contributed by atoms with van der Waals surface area (Å²) in [6, 6.07) is 13.1. The van der Waals surface area contributed by atoms with E-state index in [0.717, 1.165) is 12.1 Å². The molecule has 2 aromatic carbocycles. The van der Waals surface area contributed by atoms with Crippen LogP contribution in [0.2, 0.25) is 5.02 Å². The predicted molar refractivity (Wildman–Crippen MR) is 113 cm³/mol. The van der Waals surface area contributed by atoms with Crippen molar-refractivity contribution in [2.45, 2.75) is 20.0 Å². The van der Waals surface area contributed by atoms with Crippen LogP contribution in [0.1, 0.15) is 34.2 Å². The van der Waals surface area contributed by atoms with Crippen LogP contribution in [0.4, 0.5) is 24.5 Å². The lowest BCUT2D eigenvalue weighted by Crippen LogP contribution is -2.17. The van der Waals surface area contributed by atoms with Gasteiger partial charge in [0.15, 0.2) is 0 Å². The van der Waals surface area contributed by atoms with Crippen molar-refractivity contribution in [3.05, 3.63) is 82.1 Å². The fourth-order valence-corrected chi connectivity index (χ4v) is 3.09. The van der Waals surface area contributed by atoms with Gasteiger partial charge in [0.05, 0.1) is 11.3 Å². The third-order valence-corrected chi connectivity index (χ3v) is 4.73. The van der Waals surface area contributed by atoms with Gasteiger partial charge in [-0.25, -0.2) is 9.98 Å². The number of pyridine rings is 1.